The lowest BCUT2D eigenvalue weighted by Crippen LogP contribution is -2.45. The maximum absolute atomic E-state index is 12.7. The number of nitrogens with zero attached hydrogens (tertiary/aromatic N) is 4. The molecule has 0 radical (unpaired) electrons. The van der Waals surface area contributed by atoms with Crippen LogP contribution in [-0.2, 0) is 4.79 Å². The van der Waals surface area contributed by atoms with Crippen LogP contribution in [-0.4, -0.2) is 50.8 Å². The third-order valence-corrected chi connectivity index (χ3v) is 4.59. The van der Waals surface area contributed by atoms with Gasteiger partial charge in [-0.1, -0.05) is 34.6 Å². The molecule has 9 heteroatoms. The summed E-state index contributed by atoms with van der Waals surface area (Å²) in [5.74, 6) is 1.54. The van der Waals surface area contributed by atoms with E-state index >= 15 is 0 Å². The summed E-state index contributed by atoms with van der Waals surface area (Å²) in [6.07, 6.45) is 4.95. The molecule has 0 aliphatic heterocycles. The smallest absolute Gasteiger partial charge is 0.242 e. The summed E-state index contributed by atoms with van der Waals surface area (Å²) in [6, 6.07) is 1.43. The number of H-pyrrole nitrogens is 1. The van der Waals surface area contributed by atoms with Gasteiger partial charge in [-0.25, -0.2) is 9.97 Å². The van der Waals surface area contributed by atoms with Gasteiger partial charge in [0, 0.05) is 23.7 Å². The fraction of sp³-hybridized carbons (Fsp3) is 0.476. The summed E-state index contributed by atoms with van der Waals surface area (Å²) >= 11 is 0. The van der Waals surface area contributed by atoms with Crippen molar-refractivity contribution in [2.45, 2.75) is 40.7 Å². The quantitative estimate of drug-likeness (QED) is 0.547. The van der Waals surface area contributed by atoms with Crippen LogP contribution in [0.25, 0.3) is 22.4 Å². The zero-order valence-electron chi connectivity index (χ0n) is 18.3. The van der Waals surface area contributed by atoms with Crippen molar-refractivity contribution in [3.63, 3.8) is 0 Å². The normalized spacial score (nSPS) is 12.8. The molecule has 3 rings (SSSR count). The maximum Gasteiger partial charge on any atom is 0.242 e. The third-order valence-electron chi connectivity index (χ3n) is 4.59. The monoisotopic (exact) mass is 411 g/mol. The van der Waals surface area contributed by atoms with Crippen molar-refractivity contribution in [3.05, 3.63) is 24.7 Å². The first-order chi connectivity index (χ1) is 14.2. The molecule has 0 bridgehead atoms. The Kier molecular flexibility index (Phi) is 6.19. The number of carbonyl (C=O) groups is 1. The van der Waals surface area contributed by atoms with E-state index in [0.717, 1.165) is 10.9 Å². The first kappa shape index (κ1) is 21.5. The highest BCUT2D eigenvalue weighted by Crippen LogP contribution is 2.28. The number of anilines is 1. The Morgan fingerprint density at radius 2 is 2.03 bits per heavy atom. The van der Waals surface area contributed by atoms with Gasteiger partial charge in [0.15, 0.2) is 5.82 Å². The van der Waals surface area contributed by atoms with Gasteiger partial charge < -0.3 is 20.4 Å². The first-order valence-electron chi connectivity index (χ1n) is 9.93. The number of hydrogen-bond donors (Lipinski definition) is 3. The van der Waals surface area contributed by atoms with E-state index in [4.69, 9.17) is 4.74 Å². The van der Waals surface area contributed by atoms with Crippen LogP contribution in [0.15, 0.2) is 24.7 Å². The Morgan fingerprint density at radius 3 is 2.70 bits per heavy atom. The highest BCUT2D eigenvalue weighted by atomic mass is 16.5. The minimum Gasteiger partial charge on any atom is -0.495 e. The third kappa shape index (κ3) is 5.03. The molecule has 0 saturated carbocycles. The van der Waals surface area contributed by atoms with Crippen LogP contribution in [0.5, 0.6) is 5.75 Å². The van der Waals surface area contributed by atoms with E-state index in [1.165, 1.54) is 6.20 Å². The summed E-state index contributed by atoms with van der Waals surface area (Å²) in [5.41, 5.74) is 1.46. The van der Waals surface area contributed by atoms with Crippen molar-refractivity contribution in [2.24, 2.45) is 11.3 Å². The van der Waals surface area contributed by atoms with E-state index in [1.54, 1.807) is 19.5 Å². The fourth-order valence-corrected chi connectivity index (χ4v) is 2.92. The number of fused-ring (bicyclic) bond motifs is 1. The summed E-state index contributed by atoms with van der Waals surface area (Å²) in [6.45, 7) is 10.8. The van der Waals surface area contributed by atoms with Gasteiger partial charge in [-0.3, -0.25) is 4.79 Å². The van der Waals surface area contributed by atoms with E-state index < -0.39 is 6.04 Å². The van der Waals surface area contributed by atoms with Gasteiger partial charge in [-0.05, 0) is 17.4 Å². The average molecular weight is 412 g/mol. The van der Waals surface area contributed by atoms with E-state index in [9.17, 15) is 4.79 Å². The number of amides is 1. The second-order valence-electron chi connectivity index (χ2n) is 8.78. The fourth-order valence-electron chi connectivity index (χ4n) is 2.92. The zero-order valence-corrected chi connectivity index (χ0v) is 18.3. The summed E-state index contributed by atoms with van der Waals surface area (Å²) in [4.78, 5) is 24.7. The summed E-state index contributed by atoms with van der Waals surface area (Å²) in [5, 5.41) is 15.3. The van der Waals surface area contributed by atoms with Gasteiger partial charge in [-0.15, -0.1) is 5.10 Å². The Labute approximate surface area is 176 Å². The van der Waals surface area contributed by atoms with Gasteiger partial charge >= 0.3 is 0 Å². The standard InChI is InChI=1S/C21H29N7O2/c1-12(2)17(20(29)24-11-21(3,4)5)26-16-10-25-28-19(27-16)15-9-23-18-14(15)7-13(30-6)8-22-18/h7-10,12,17H,11H2,1-6H3,(H,22,23)(H,24,29)(H,26,27,28). The molecule has 3 aromatic rings. The molecule has 30 heavy (non-hydrogen) atoms. The summed E-state index contributed by atoms with van der Waals surface area (Å²) in [7, 11) is 1.59. The van der Waals surface area contributed by atoms with Crippen LogP contribution in [0, 0.1) is 11.3 Å². The molecule has 0 aliphatic rings. The molecule has 0 spiro atoms. The molecule has 1 amide bonds. The Balaban J connectivity index is 1.85. The van der Waals surface area contributed by atoms with Gasteiger partial charge in [0.25, 0.3) is 0 Å². The molecule has 3 heterocycles. The number of hydrogen-bond acceptors (Lipinski definition) is 7. The second-order valence-corrected chi connectivity index (χ2v) is 8.78. The number of nitrogens with one attached hydrogen (secondary N) is 3. The number of ether oxygens (including phenoxy) is 1. The highest BCUT2D eigenvalue weighted by Gasteiger charge is 2.24. The van der Waals surface area contributed by atoms with Crippen molar-refractivity contribution in [2.75, 3.05) is 19.0 Å². The topological polar surface area (TPSA) is 118 Å². The average Bonchev–Trinajstić information content (AvgIpc) is 3.12. The lowest BCUT2D eigenvalue weighted by Gasteiger charge is -2.25. The molecule has 9 nitrogen and oxygen atoms in total. The lowest BCUT2D eigenvalue weighted by molar-refractivity contribution is -0.123. The minimum absolute atomic E-state index is 0.00522. The van der Waals surface area contributed by atoms with Crippen molar-refractivity contribution >= 4 is 22.8 Å². The molecule has 3 N–H and O–H groups in total. The number of aromatic nitrogens is 5. The first-order valence-corrected chi connectivity index (χ1v) is 9.93. The predicted molar refractivity (Wildman–Crippen MR) is 116 cm³/mol. The van der Waals surface area contributed by atoms with E-state index in [1.807, 2.05) is 19.9 Å². The second kappa shape index (κ2) is 8.64. The molecule has 0 saturated heterocycles. The van der Waals surface area contributed by atoms with Crippen LogP contribution in [0.1, 0.15) is 34.6 Å². The van der Waals surface area contributed by atoms with Gasteiger partial charge in [0.1, 0.15) is 23.3 Å². The maximum atomic E-state index is 12.7. The minimum atomic E-state index is -0.443. The highest BCUT2D eigenvalue weighted by molar-refractivity contribution is 5.92. The number of pyridine rings is 1. The van der Waals surface area contributed by atoms with Crippen molar-refractivity contribution < 1.29 is 9.53 Å². The van der Waals surface area contributed by atoms with Crippen LogP contribution in [0.3, 0.4) is 0 Å². The number of carbonyl (C=O) groups excluding carboxylic acids is 1. The summed E-state index contributed by atoms with van der Waals surface area (Å²) < 4.78 is 5.27. The Hall–Kier alpha value is -3.23. The van der Waals surface area contributed by atoms with Crippen molar-refractivity contribution in [1.82, 2.24) is 30.5 Å². The number of rotatable bonds is 7. The van der Waals surface area contributed by atoms with Crippen LogP contribution < -0.4 is 15.4 Å². The lowest BCUT2D eigenvalue weighted by atomic mass is 9.96. The van der Waals surface area contributed by atoms with Crippen molar-refractivity contribution in [1.29, 1.82) is 0 Å². The molecule has 3 aromatic heterocycles. The Morgan fingerprint density at radius 1 is 1.27 bits per heavy atom. The van der Waals surface area contributed by atoms with E-state index in [0.29, 0.717) is 29.6 Å². The van der Waals surface area contributed by atoms with Gasteiger partial charge in [0.2, 0.25) is 5.91 Å². The predicted octanol–water partition coefficient (Wildman–Crippen LogP) is 3.02. The SMILES string of the molecule is COc1cnc2[nH]cc(-c3nncc(NC(C(=O)NCC(C)(C)C)C(C)C)n3)c2c1. The van der Waals surface area contributed by atoms with Gasteiger partial charge in [0.05, 0.1) is 19.5 Å². The molecule has 0 aliphatic carbocycles. The van der Waals surface area contributed by atoms with Crippen LogP contribution in [0.2, 0.25) is 0 Å². The molecular weight excluding hydrogens is 382 g/mol. The van der Waals surface area contributed by atoms with E-state index in [2.05, 4.69) is 56.6 Å². The van der Waals surface area contributed by atoms with Crippen LogP contribution >= 0.6 is 0 Å². The zero-order chi connectivity index (χ0) is 21.9. The molecule has 1 atom stereocenters. The molecule has 0 aromatic carbocycles. The number of aromatic amines is 1. The molecule has 160 valence electrons. The molecule has 1 unspecified atom stereocenters. The number of methoxy groups -OCH3 is 1. The van der Waals surface area contributed by atoms with Crippen molar-refractivity contribution in [3.8, 4) is 17.1 Å². The van der Waals surface area contributed by atoms with E-state index in [-0.39, 0.29) is 17.2 Å². The van der Waals surface area contributed by atoms with Gasteiger partial charge in [-0.2, -0.15) is 5.10 Å². The van der Waals surface area contributed by atoms with Crippen LogP contribution in [0.4, 0.5) is 5.82 Å². The Bertz CT molecular complexity index is 1020. The molecule has 0 fully saturated rings. The molecular formula is C21H29N7O2. The largest absolute Gasteiger partial charge is 0.495 e.